The minimum Gasteiger partial charge on any atom is -0.306 e. The van der Waals surface area contributed by atoms with Crippen LogP contribution in [0, 0.1) is 6.92 Å². The summed E-state index contributed by atoms with van der Waals surface area (Å²) in [7, 11) is -1.43. The number of likely N-dealkylation sites (tertiary alicyclic amines) is 1. The quantitative estimate of drug-likeness (QED) is 0.831. The summed E-state index contributed by atoms with van der Waals surface area (Å²) in [5.74, 6) is 0.239. The molecular weight excluding hydrogens is 344 g/mol. The van der Waals surface area contributed by atoms with Crippen LogP contribution in [0.5, 0.6) is 0 Å². The van der Waals surface area contributed by atoms with Crippen molar-refractivity contribution in [3.8, 4) is 0 Å². The Balaban J connectivity index is 1.74. The number of rotatable bonds is 3. The molecule has 0 amide bonds. The molecule has 5 heteroatoms. The second-order valence-electron chi connectivity index (χ2n) is 7.34. The van der Waals surface area contributed by atoms with Crippen LogP contribution in [0.25, 0.3) is 6.08 Å². The summed E-state index contributed by atoms with van der Waals surface area (Å²) >= 11 is 0. The summed E-state index contributed by atoms with van der Waals surface area (Å²) in [5, 5.41) is 1.35. The van der Waals surface area contributed by atoms with Crippen molar-refractivity contribution in [1.82, 2.24) is 4.90 Å². The monoisotopic (exact) mass is 368 g/mol. The van der Waals surface area contributed by atoms with Crippen molar-refractivity contribution in [2.45, 2.75) is 25.3 Å². The number of hydrogen-bond donors (Lipinski definition) is 0. The van der Waals surface area contributed by atoms with Gasteiger partial charge in [-0.1, -0.05) is 48.0 Å². The number of likely N-dealkylation sites (N-methyl/N-ethyl adjacent to an activating group) is 1. The molecule has 4 rings (SSSR count). The predicted molar refractivity (Wildman–Crippen MR) is 107 cm³/mol. The second kappa shape index (κ2) is 6.56. The van der Waals surface area contributed by atoms with Crippen LogP contribution >= 0.6 is 0 Å². The molecule has 0 saturated carbocycles. The van der Waals surface area contributed by atoms with Crippen molar-refractivity contribution < 1.29 is 8.42 Å². The number of benzene rings is 2. The maximum Gasteiger partial charge on any atom is 0.257 e. The number of piperidine rings is 1. The van der Waals surface area contributed by atoms with Gasteiger partial charge in [0.2, 0.25) is 0 Å². The molecule has 2 aliphatic rings. The van der Waals surface area contributed by atoms with Gasteiger partial charge in [0.05, 0.1) is 17.1 Å². The van der Waals surface area contributed by atoms with Gasteiger partial charge in [-0.3, -0.25) is 4.31 Å². The third kappa shape index (κ3) is 3.06. The van der Waals surface area contributed by atoms with Crippen LogP contribution in [0.2, 0.25) is 0 Å². The van der Waals surface area contributed by atoms with Crippen LogP contribution in [0.3, 0.4) is 0 Å². The van der Waals surface area contributed by atoms with E-state index in [2.05, 4.69) is 24.9 Å². The number of hydrogen-bond acceptors (Lipinski definition) is 3. The standard InChI is InChI=1S/C21H24N2O2S/c1-16-8-9-20-18(14-16)19-15-22(2)12-10-21(19)23(20)26(24,25)13-11-17-6-4-3-5-7-17/h3-9,11,13-14,19,21H,10,12,15H2,1-2H3/b13-11+/t19-,21-/m0/s1. The summed E-state index contributed by atoms with van der Waals surface area (Å²) in [6, 6.07) is 15.7. The summed E-state index contributed by atoms with van der Waals surface area (Å²) in [6.07, 6.45) is 2.54. The second-order valence-corrected chi connectivity index (χ2v) is 9.04. The normalized spacial score (nSPS) is 23.2. The molecule has 2 aromatic carbocycles. The Bertz CT molecular complexity index is 938. The molecule has 0 aliphatic carbocycles. The molecule has 1 saturated heterocycles. The van der Waals surface area contributed by atoms with Gasteiger partial charge in [0.1, 0.15) is 0 Å². The number of nitrogens with zero attached hydrogens (tertiary/aromatic N) is 2. The van der Waals surface area contributed by atoms with E-state index in [4.69, 9.17) is 0 Å². The SMILES string of the molecule is Cc1ccc2c(c1)[C@@H]1CN(C)CC[C@@H]1N2S(=O)(=O)/C=C/c1ccccc1. The van der Waals surface area contributed by atoms with Crippen LogP contribution < -0.4 is 4.31 Å². The van der Waals surface area contributed by atoms with Crippen LogP contribution in [0.15, 0.2) is 53.9 Å². The van der Waals surface area contributed by atoms with Gasteiger partial charge >= 0.3 is 0 Å². The maximum atomic E-state index is 13.2. The Morgan fingerprint density at radius 1 is 1.12 bits per heavy atom. The zero-order valence-corrected chi connectivity index (χ0v) is 16.0. The molecular formula is C21H24N2O2S. The largest absolute Gasteiger partial charge is 0.306 e. The molecule has 0 bridgehead atoms. The van der Waals surface area contributed by atoms with Gasteiger partial charge in [-0.05, 0) is 50.2 Å². The molecule has 0 N–H and O–H groups in total. The molecule has 0 spiro atoms. The van der Waals surface area contributed by atoms with E-state index in [0.717, 1.165) is 30.8 Å². The highest BCUT2D eigenvalue weighted by Crippen LogP contribution is 2.46. The highest BCUT2D eigenvalue weighted by molar-refractivity contribution is 7.95. The van der Waals surface area contributed by atoms with Crippen molar-refractivity contribution in [2.75, 3.05) is 24.4 Å². The lowest BCUT2D eigenvalue weighted by Gasteiger charge is -2.36. The van der Waals surface area contributed by atoms with Gasteiger partial charge in [-0.2, -0.15) is 0 Å². The van der Waals surface area contributed by atoms with E-state index in [9.17, 15) is 8.42 Å². The summed E-state index contributed by atoms with van der Waals surface area (Å²) in [5.41, 5.74) is 4.07. The average Bonchev–Trinajstić information content (AvgIpc) is 2.95. The number of fused-ring (bicyclic) bond motifs is 3. The van der Waals surface area contributed by atoms with Crippen molar-refractivity contribution >= 4 is 21.8 Å². The Hall–Kier alpha value is -2.11. The average molecular weight is 369 g/mol. The number of sulfonamides is 1. The van der Waals surface area contributed by atoms with Gasteiger partial charge < -0.3 is 4.90 Å². The number of aryl methyl sites for hydroxylation is 1. The Morgan fingerprint density at radius 2 is 1.88 bits per heavy atom. The van der Waals surface area contributed by atoms with E-state index in [1.807, 2.05) is 42.5 Å². The lowest BCUT2D eigenvalue weighted by Crippen LogP contribution is -2.46. The molecule has 26 heavy (non-hydrogen) atoms. The molecule has 4 nitrogen and oxygen atoms in total. The summed E-state index contributed by atoms with van der Waals surface area (Å²) in [4.78, 5) is 2.29. The van der Waals surface area contributed by atoms with Gasteiger partial charge in [-0.15, -0.1) is 0 Å². The molecule has 2 heterocycles. The lowest BCUT2D eigenvalue weighted by atomic mass is 9.89. The minimum atomic E-state index is -3.54. The first-order valence-corrected chi connectivity index (χ1v) is 10.5. The van der Waals surface area contributed by atoms with Crippen LogP contribution in [-0.4, -0.2) is 39.5 Å². The maximum absolute atomic E-state index is 13.2. The van der Waals surface area contributed by atoms with Crippen molar-refractivity contribution in [1.29, 1.82) is 0 Å². The smallest absolute Gasteiger partial charge is 0.257 e. The van der Waals surface area contributed by atoms with Crippen LogP contribution in [-0.2, 0) is 10.0 Å². The molecule has 2 atom stereocenters. The lowest BCUT2D eigenvalue weighted by molar-refractivity contribution is 0.237. The Kier molecular flexibility index (Phi) is 4.37. The zero-order valence-electron chi connectivity index (χ0n) is 15.2. The van der Waals surface area contributed by atoms with Crippen molar-refractivity contribution in [3.63, 3.8) is 0 Å². The van der Waals surface area contributed by atoms with E-state index < -0.39 is 10.0 Å². The fourth-order valence-corrected chi connectivity index (χ4v) is 5.69. The van der Waals surface area contributed by atoms with E-state index in [1.165, 1.54) is 16.5 Å². The predicted octanol–water partition coefficient (Wildman–Crippen LogP) is 3.60. The fourth-order valence-electron chi connectivity index (χ4n) is 4.16. The van der Waals surface area contributed by atoms with E-state index in [0.29, 0.717) is 0 Å². The Labute approximate surface area is 155 Å². The molecule has 1 fully saturated rings. The minimum absolute atomic E-state index is 0.00780. The molecule has 2 aliphatic heterocycles. The van der Waals surface area contributed by atoms with Gasteiger partial charge in [0, 0.05) is 12.5 Å². The van der Waals surface area contributed by atoms with E-state index >= 15 is 0 Å². The van der Waals surface area contributed by atoms with Gasteiger partial charge in [0.15, 0.2) is 0 Å². The van der Waals surface area contributed by atoms with Crippen LogP contribution in [0.1, 0.15) is 29.0 Å². The third-order valence-corrected chi connectivity index (χ3v) is 6.90. The molecule has 0 aromatic heterocycles. The topological polar surface area (TPSA) is 40.6 Å². The summed E-state index contributed by atoms with van der Waals surface area (Å²) < 4.78 is 28.1. The third-order valence-electron chi connectivity index (χ3n) is 5.41. The summed E-state index contributed by atoms with van der Waals surface area (Å²) in [6.45, 7) is 3.88. The molecule has 136 valence electrons. The van der Waals surface area contributed by atoms with Gasteiger partial charge in [-0.25, -0.2) is 8.42 Å². The van der Waals surface area contributed by atoms with E-state index in [-0.39, 0.29) is 12.0 Å². The Morgan fingerprint density at radius 3 is 2.65 bits per heavy atom. The first-order chi connectivity index (χ1) is 12.5. The first kappa shape index (κ1) is 17.3. The van der Waals surface area contributed by atoms with Gasteiger partial charge in [0.25, 0.3) is 10.0 Å². The van der Waals surface area contributed by atoms with Crippen molar-refractivity contribution in [3.05, 3.63) is 70.6 Å². The fraction of sp³-hybridized carbons (Fsp3) is 0.333. The first-order valence-electron chi connectivity index (χ1n) is 9.02. The zero-order chi connectivity index (χ0) is 18.3. The molecule has 0 radical (unpaired) electrons. The highest BCUT2D eigenvalue weighted by Gasteiger charge is 2.45. The number of anilines is 1. The molecule has 0 unspecified atom stereocenters. The van der Waals surface area contributed by atoms with Crippen LogP contribution in [0.4, 0.5) is 5.69 Å². The van der Waals surface area contributed by atoms with E-state index in [1.54, 1.807) is 10.4 Å². The van der Waals surface area contributed by atoms with Crippen molar-refractivity contribution in [2.24, 2.45) is 0 Å². The highest BCUT2D eigenvalue weighted by atomic mass is 32.2. The molecule has 2 aromatic rings.